The topological polar surface area (TPSA) is 55.4 Å². The lowest BCUT2D eigenvalue weighted by atomic mass is 9.87. The van der Waals surface area contributed by atoms with Gasteiger partial charge in [-0.1, -0.05) is 36.2 Å². The number of carbonyl (C=O) groups excluding carboxylic acids is 2. The van der Waals surface area contributed by atoms with Crippen LogP contribution in [0.15, 0.2) is 18.2 Å². The molecule has 1 aromatic carbocycles. The van der Waals surface area contributed by atoms with Crippen molar-refractivity contribution in [2.24, 2.45) is 5.92 Å². The van der Waals surface area contributed by atoms with Gasteiger partial charge in [-0.2, -0.15) is 0 Å². The number of esters is 1. The number of halogens is 2. The molecule has 1 saturated carbocycles. The van der Waals surface area contributed by atoms with Gasteiger partial charge in [0.25, 0.3) is 5.91 Å². The highest BCUT2D eigenvalue weighted by Crippen LogP contribution is 2.23. The number of hydrogen-bond acceptors (Lipinski definition) is 3. The molecule has 0 radical (unpaired) electrons. The van der Waals surface area contributed by atoms with Crippen molar-refractivity contribution < 1.29 is 14.3 Å². The van der Waals surface area contributed by atoms with E-state index in [0.29, 0.717) is 15.6 Å². The summed E-state index contributed by atoms with van der Waals surface area (Å²) in [5, 5.41) is 3.84. The second-order valence-corrected chi connectivity index (χ2v) is 6.94. The van der Waals surface area contributed by atoms with Crippen LogP contribution < -0.4 is 5.32 Å². The monoisotopic (exact) mass is 357 g/mol. The Labute approximate surface area is 146 Å². The summed E-state index contributed by atoms with van der Waals surface area (Å²) in [5.74, 6) is -0.00755. The van der Waals surface area contributed by atoms with Gasteiger partial charge in [0.05, 0.1) is 6.42 Å². The second kappa shape index (κ2) is 8.55. The van der Waals surface area contributed by atoms with Crippen LogP contribution in [0.4, 0.5) is 0 Å². The van der Waals surface area contributed by atoms with Gasteiger partial charge in [-0.3, -0.25) is 9.59 Å². The van der Waals surface area contributed by atoms with Crippen molar-refractivity contribution in [2.45, 2.75) is 45.1 Å². The summed E-state index contributed by atoms with van der Waals surface area (Å²) in [6.07, 6.45) is 4.24. The Hall–Kier alpha value is -1.26. The normalized spacial score (nSPS) is 20.8. The van der Waals surface area contributed by atoms with Crippen molar-refractivity contribution in [1.29, 1.82) is 0 Å². The van der Waals surface area contributed by atoms with E-state index in [4.69, 9.17) is 27.9 Å². The number of benzene rings is 1. The van der Waals surface area contributed by atoms with E-state index in [-0.39, 0.29) is 25.0 Å². The van der Waals surface area contributed by atoms with E-state index in [1.54, 1.807) is 18.2 Å². The van der Waals surface area contributed by atoms with Gasteiger partial charge >= 0.3 is 5.97 Å². The van der Waals surface area contributed by atoms with Crippen molar-refractivity contribution in [3.05, 3.63) is 33.8 Å². The van der Waals surface area contributed by atoms with Crippen LogP contribution >= 0.6 is 23.2 Å². The van der Waals surface area contributed by atoms with Gasteiger partial charge in [-0.05, 0) is 49.3 Å². The third-order valence-corrected chi connectivity index (χ3v) is 4.68. The second-order valence-electron chi connectivity index (χ2n) is 6.10. The quantitative estimate of drug-likeness (QED) is 0.815. The van der Waals surface area contributed by atoms with Crippen LogP contribution in [0.2, 0.25) is 10.0 Å². The maximum absolute atomic E-state index is 11.8. The lowest BCUT2D eigenvalue weighted by molar-refractivity contribution is -0.148. The molecule has 126 valence electrons. The molecular formula is C17H21Cl2NO3. The highest BCUT2D eigenvalue weighted by atomic mass is 35.5. The molecule has 4 nitrogen and oxygen atoms in total. The molecule has 1 aliphatic carbocycles. The fourth-order valence-electron chi connectivity index (χ4n) is 2.69. The number of hydrogen-bond donors (Lipinski definition) is 1. The summed E-state index contributed by atoms with van der Waals surface area (Å²) in [6, 6.07) is 5.10. The van der Waals surface area contributed by atoms with Gasteiger partial charge in [0.2, 0.25) is 0 Å². The average Bonchev–Trinajstić information content (AvgIpc) is 2.50. The molecule has 0 bridgehead atoms. The van der Waals surface area contributed by atoms with Gasteiger partial charge < -0.3 is 10.1 Å². The Bertz CT molecular complexity index is 569. The SMILES string of the molecule is CC1CCC(NC(=O)COC(=O)Cc2ccc(Cl)cc2Cl)CC1. The first kappa shape index (κ1) is 18.1. The van der Waals surface area contributed by atoms with E-state index in [9.17, 15) is 9.59 Å². The average molecular weight is 358 g/mol. The maximum atomic E-state index is 11.8. The highest BCUT2D eigenvalue weighted by Gasteiger charge is 2.20. The van der Waals surface area contributed by atoms with Gasteiger partial charge in [0, 0.05) is 16.1 Å². The van der Waals surface area contributed by atoms with E-state index >= 15 is 0 Å². The molecule has 0 aliphatic heterocycles. The van der Waals surface area contributed by atoms with E-state index in [0.717, 1.165) is 31.6 Å². The Morgan fingerprint density at radius 1 is 1.22 bits per heavy atom. The van der Waals surface area contributed by atoms with Crippen LogP contribution in [0.5, 0.6) is 0 Å². The molecule has 1 fully saturated rings. The van der Waals surface area contributed by atoms with Gasteiger partial charge in [-0.15, -0.1) is 0 Å². The smallest absolute Gasteiger partial charge is 0.310 e. The highest BCUT2D eigenvalue weighted by molar-refractivity contribution is 6.35. The molecule has 0 heterocycles. The van der Waals surface area contributed by atoms with Crippen molar-refractivity contribution >= 4 is 35.1 Å². The van der Waals surface area contributed by atoms with E-state index in [1.807, 2.05) is 0 Å². The number of carbonyl (C=O) groups is 2. The molecule has 0 saturated heterocycles. The molecule has 0 unspecified atom stereocenters. The third-order valence-electron chi connectivity index (χ3n) is 4.10. The summed E-state index contributed by atoms with van der Waals surface area (Å²) >= 11 is 11.8. The van der Waals surface area contributed by atoms with E-state index in [2.05, 4.69) is 12.2 Å². The first-order valence-corrected chi connectivity index (χ1v) is 8.58. The van der Waals surface area contributed by atoms with Crippen LogP contribution in [0, 0.1) is 5.92 Å². The summed E-state index contributed by atoms with van der Waals surface area (Å²) in [4.78, 5) is 23.6. The molecule has 6 heteroatoms. The largest absolute Gasteiger partial charge is 0.455 e. The standard InChI is InChI=1S/C17H21Cl2NO3/c1-11-2-6-14(7-3-11)20-16(21)10-23-17(22)8-12-4-5-13(18)9-15(12)19/h4-5,9,11,14H,2-3,6-8,10H2,1H3,(H,20,21). The predicted octanol–water partition coefficient (Wildman–Crippen LogP) is 3.77. The zero-order valence-corrected chi connectivity index (χ0v) is 14.6. The van der Waals surface area contributed by atoms with Crippen LogP contribution in [0.3, 0.4) is 0 Å². The lowest BCUT2D eigenvalue weighted by Gasteiger charge is -2.26. The van der Waals surface area contributed by atoms with Crippen LogP contribution in [-0.4, -0.2) is 24.5 Å². The first-order chi connectivity index (χ1) is 10.9. The number of amides is 1. The Morgan fingerprint density at radius 3 is 2.57 bits per heavy atom. The number of ether oxygens (including phenoxy) is 1. The van der Waals surface area contributed by atoms with Crippen LogP contribution in [-0.2, 0) is 20.7 Å². The number of nitrogens with one attached hydrogen (secondary N) is 1. The minimum absolute atomic E-state index is 0.0181. The minimum Gasteiger partial charge on any atom is -0.455 e. The predicted molar refractivity (Wildman–Crippen MR) is 90.7 cm³/mol. The number of rotatable bonds is 5. The van der Waals surface area contributed by atoms with Crippen molar-refractivity contribution in [3.8, 4) is 0 Å². The molecule has 0 aromatic heterocycles. The maximum Gasteiger partial charge on any atom is 0.310 e. The molecule has 2 rings (SSSR count). The molecule has 0 atom stereocenters. The fourth-order valence-corrected chi connectivity index (χ4v) is 3.17. The summed E-state index contributed by atoms with van der Waals surface area (Å²) < 4.78 is 5.01. The molecule has 23 heavy (non-hydrogen) atoms. The first-order valence-electron chi connectivity index (χ1n) is 7.83. The third kappa shape index (κ3) is 6.04. The summed E-state index contributed by atoms with van der Waals surface area (Å²) in [6.45, 7) is 1.97. The van der Waals surface area contributed by atoms with E-state index < -0.39 is 5.97 Å². The van der Waals surface area contributed by atoms with Gasteiger partial charge in [-0.25, -0.2) is 0 Å². The molecule has 1 aliphatic rings. The zero-order chi connectivity index (χ0) is 16.8. The van der Waals surface area contributed by atoms with Crippen molar-refractivity contribution in [3.63, 3.8) is 0 Å². The molecule has 1 N–H and O–H groups in total. The van der Waals surface area contributed by atoms with E-state index in [1.165, 1.54) is 0 Å². The lowest BCUT2D eigenvalue weighted by Crippen LogP contribution is -2.39. The van der Waals surface area contributed by atoms with Gasteiger partial charge in [0.1, 0.15) is 0 Å². The van der Waals surface area contributed by atoms with Crippen molar-refractivity contribution in [2.75, 3.05) is 6.61 Å². The summed E-state index contributed by atoms with van der Waals surface area (Å²) in [5.41, 5.74) is 0.628. The molecule has 1 amide bonds. The van der Waals surface area contributed by atoms with Crippen LogP contribution in [0.25, 0.3) is 0 Å². The Kier molecular flexibility index (Phi) is 6.72. The van der Waals surface area contributed by atoms with Gasteiger partial charge in [0.15, 0.2) is 6.61 Å². The molecule has 1 aromatic rings. The summed E-state index contributed by atoms with van der Waals surface area (Å²) in [7, 11) is 0. The van der Waals surface area contributed by atoms with Crippen LogP contribution in [0.1, 0.15) is 38.2 Å². The minimum atomic E-state index is -0.485. The Morgan fingerprint density at radius 2 is 1.91 bits per heavy atom. The Balaban J connectivity index is 1.72. The molecule has 0 spiro atoms. The molecular weight excluding hydrogens is 337 g/mol. The fraction of sp³-hybridized carbons (Fsp3) is 0.529. The zero-order valence-electron chi connectivity index (χ0n) is 13.1. The van der Waals surface area contributed by atoms with Crippen molar-refractivity contribution in [1.82, 2.24) is 5.32 Å².